The molecule has 0 radical (unpaired) electrons. The summed E-state index contributed by atoms with van der Waals surface area (Å²) in [6, 6.07) is 13.3. The Labute approximate surface area is 156 Å². The van der Waals surface area contributed by atoms with Gasteiger partial charge in [0.05, 0.1) is 16.1 Å². The Hall–Kier alpha value is -3.13. The third kappa shape index (κ3) is 4.17. The Morgan fingerprint density at radius 3 is 2.63 bits per heavy atom. The van der Waals surface area contributed by atoms with Crippen molar-refractivity contribution in [3.05, 3.63) is 70.6 Å². The van der Waals surface area contributed by atoms with Crippen LogP contribution < -0.4 is 15.7 Å². The van der Waals surface area contributed by atoms with Crippen LogP contribution in [0.1, 0.15) is 23.7 Å². The van der Waals surface area contributed by atoms with Gasteiger partial charge < -0.3 is 9.73 Å². The first-order chi connectivity index (χ1) is 12.9. The summed E-state index contributed by atoms with van der Waals surface area (Å²) < 4.78 is 33.0. The van der Waals surface area contributed by atoms with Crippen LogP contribution in [-0.2, 0) is 10.0 Å². The maximum atomic E-state index is 12.8. The smallest absolute Gasteiger partial charge is 0.336 e. The fraction of sp³-hybridized carbons (Fsp3) is 0.158. The van der Waals surface area contributed by atoms with Crippen molar-refractivity contribution >= 4 is 32.6 Å². The van der Waals surface area contributed by atoms with Crippen molar-refractivity contribution in [3.63, 3.8) is 0 Å². The molecular weight excluding hydrogens is 368 g/mol. The second kappa shape index (κ2) is 7.63. The quantitative estimate of drug-likeness (QED) is 0.634. The molecule has 0 unspecified atom stereocenters. The summed E-state index contributed by atoms with van der Waals surface area (Å²) in [5, 5.41) is 3.21. The maximum Gasteiger partial charge on any atom is 0.336 e. The Kier molecular flexibility index (Phi) is 5.27. The van der Waals surface area contributed by atoms with Crippen molar-refractivity contribution in [3.8, 4) is 0 Å². The molecule has 2 N–H and O–H groups in total. The maximum absolute atomic E-state index is 12.8. The molecule has 1 amide bonds. The fourth-order valence-electron chi connectivity index (χ4n) is 2.52. The molecule has 0 bridgehead atoms. The lowest BCUT2D eigenvalue weighted by Crippen LogP contribution is -2.25. The van der Waals surface area contributed by atoms with Crippen LogP contribution in [0.2, 0.25) is 0 Å². The third-order valence-corrected chi connectivity index (χ3v) is 5.22. The molecular formula is C19H18N2O5S. The molecule has 7 nitrogen and oxygen atoms in total. The minimum absolute atomic E-state index is 0.00683. The standard InChI is InChI=1S/C19H18N2O5S/c1-2-11-20-19(23)15-5-3-4-6-16(15)21-27(24,25)14-8-9-17-13(12-14)7-10-18(22)26-17/h3-10,12,21H,2,11H2,1H3,(H,20,23). The normalized spacial score (nSPS) is 11.3. The summed E-state index contributed by atoms with van der Waals surface area (Å²) in [7, 11) is -3.94. The van der Waals surface area contributed by atoms with E-state index in [2.05, 4.69) is 10.0 Å². The topological polar surface area (TPSA) is 105 Å². The number of anilines is 1. The van der Waals surface area contributed by atoms with Gasteiger partial charge in [-0.25, -0.2) is 13.2 Å². The van der Waals surface area contributed by atoms with Gasteiger partial charge in [0.25, 0.3) is 15.9 Å². The Balaban J connectivity index is 1.94. The van der Waals surface area contributed by atoms with Crippen molar-refractivity contribution in [1.82, 2.24) is 5.32 Å². The highest BCUT2D eigenvalue weighted by molar-refractivity contribution is 7.92. The Bertz CT molecular complexity index is 1150. The molecule has 2 aromatic carbocycles. The van der Waals surface area contributed by atoms with Crippen LogP contribution in [0.15, 0.2) is 68.7 Å². The average Bonchev–Trinajstić information content (AvgIpc) is 2.65. The van der Waals surface area contributed by atoms with Crippen molar-refractivity contribution in [2.45, 2.75) is 18.2 Å². The van der Waals surface area contributed by atoms with E-state index in [0.717, 1.165) is 6.42 Å². The molecule has 0 atom stereocenters. The SMILES string of the molecule is CCCNC(=O)c1ccccc1NS(=O)(=O)c1ccc2oc(=O)ccc2c1. The lowest BCUT2D eigenvalue weighted by atomic mass is 10.1. The van der Waals surface area contributed by atoms with Gasteiger partial charge in [-0.3, -0.25) is 9.52 Å². The number of nitrogens with one attached hydrogen (secondary N) is 2. The highest BCUT2D eigenvalue weighted by Gasteiger charge is 2.19. The van der Waals surface area contributed by atoms with Gasteiger partial charge in [-0.1, -0.05) is 19.1 Å². The minimum atomic E-state index is -3.94. The predicted molar refractivity (Wildman–Crippen MR) is 102 cm³/mol. The van der Waals surface area contributed by atoms with E-state index in [-0.39, 0.29) is 22.1 Å². The third-order valence-electron chi connectivity index (χ3n) is 3.85. The first-order valence-electron chi connectivity index (χ1n) is 8.34. The molecule has 1 aromatic heterocycles. The zero-order valence-corrected chi connectivity index (χ0v) is 15.4. The van der Waals surface area contributed by atoms with Crippen LogP contribution in [0.3, 0.4) is 0 Å². The summed E-state index contributed by atoms with van der Waals surface area (Å²) in [6.45, 7) is 2.42. The summed E-state index contributed by atoms with van der Waals surface area (Å²) in [5.41, 5.74) is 0.205. The van der Waals surface area contributed by atoms with Gasteiger partial charge in [0.1, 0.15) is 5.58 Å². The molecule has 0 aliphatic rings. The van der Waals surface area contributed by atoms with E-state index < -0.39 is 15.6 Å². The van der Waals surface area contributed by atoms with Crippen molar-refractivity contribution in [2.75, 3.05) is 11.3 Å². The number of sulfonamides is 1. The minimum Gasteiger partial charge on any atom is -0.423 e. The zero-order chi connectivity index (χ0) is 19.4. The second-order valence-electron chi connectivity index (χ2n) is 5.86. The predicted octanol–water partition coefficient (Wildman–Crippen LogP) is 2.73. The summed E-state index contributed by atoms with van der Waals surface area (Å²) >= 11 is 0. The zero-order valence-electron chi connectivity index (χ0n) is 14.6. The number of fused-ring (bicyclic) bond motifs is 1. The summed E-state index contributed by atoms with van der Waals surface area (Å²) in [4.78, 5) is 23.5. The van der Waals surface area contributed by atoms with Crippen molar-refractivity contribution in [1.29, 1.82) is 0 Å². The van der Waals surface area contributed by atoms with Gasteiger partial charge in [-0.05, 0) is 42.8 Å². The van der Waals surface area contributed by atoms with E-state index in [4.69, 9.17) is 4.42 Å². The van der Waals surface area contributed by atoms with E-state index in [1.165, 1.54) is 36.4 Å². The van der Waals surface area contributed by atoms with Crippen LogP contribution in [0.4, 0.5) is 5.69 Å². The van der Waals surface area contributed by atoms with Crippen LogP contribution in [0, 0.1) is 0 Å². The Morgan fingerprint density at radius 2 is 1.85 bits per heavy atom. The second-order valence-corrected chi connectivity index (χ2v) is 7.54. The van der Waals surface area contributed by atoms with Gasteiger partial charge in [0.15, 0.2) is 0 Å². The van der Waals surface area contributed by atoms with Crippen LogP contribution in [-0.4, -0.2) is 20.9 Å². The van der Waals surface area contributed by atoms with Gasteiger partial charge in [-0.15, -0.1) is 0 Å². The number of hydrogen-bond acceptors (Lipinski definition) is 5. The lowest BCUT2D eigenvalue weighted by Gasteiger charge is -2.13. The molecule has 140 valence electrons. The molecule has 0 spiro atoms. The molecule has 0 fully saturated rings. The lowest BCUT2D eigenvalue weighted by molar-refractivity contribution is 0.0954. The van der Waals surface area contributed by atoms with E-state index in [1.54, 1.807) is 18.2 Å². The van der Waals surface area contributed by atoms with E-state index in [0.29, 0.717) is 17.5 Å². The Morgan fingerprint density at radius 1 is 1.07 bits per heavy atom. The van der Waals surface area contributed by atoms with E-state index >= 15 is 0 Å². The first-order valence-corrected chi connectivity index (χ1v) is 9.83. The molecule has 0 saturated heterocycles. The molecule has 3 aromatic rings. The van der Waals surface area contributed by atoms with Crippen molar-refractivity contribution in [2.24, 2.45) is 0 Å². The number of amides is 1. The molecule has 1 heterocycles. The summed E-state index contributed by atoms with van der Waals surface area (Å²) in [6.07, 6.45) is 0.771. The molecule has 0 saturated carbocycles. The molecule has 3 rings (SSSR count). The largest absolute Gasteiger partial charge is 0.423 e. The molecule has 27 heavy (non-hydrogen) atoms. The van der Waals surface area contributed by atoms with E-state index in [9.17, 15) is 18.0 Å². The fourth-order valence-corrected chi connectivity index (χ4v) is 3.64. The highest BCUT2D eigenvalue weighted by atomic mass is 32.2. The van der Waals surface area contributed by atoms with Gasteiger partial charge in [0, 0.05) is 18.0 Å². The van der Waals surface area contributed by atoms with Gasteiger partial charge >= 0.3 is 5.63 Å². The average molecular weight is 386 g/mol. The van der Waals surface area contributed by atoms with E-state index in [1.807, 2.05) is 6.92 Å². The van der Waals surface area contributed by atoms with Crippen molar-refractivity contribution < 1.29 is 17.6 Å². The monoisotopic (exact) mass is 386 g/mol. The van der Waals surface area contributed by atoms with Crippen LogP contribution in [0.5, 0.6) is 0 Å². The highest BCUT2D eigenvalue weighted by Crippen LogP contribution is 2.23. The number of rotatable bonds is 6. The molecule has 8 heteroatoms. The van der Waals surface area contributed by atoms with Gasteiger partial charge in [-0.2, -0.15) is 0 Å². The number of carbonyl (C=O) groups is 1. The van der Waals surface area contributed by atoms with Crippen LogP contribution in [0.25, 0.3) is 11.0 Å². The number of benzene rings is 2. The van der Waals surface area contributed by atoms with Crippen LogP contribution >= 0.6 is 0 Å². The molecule has 0 aliphatic carbocycles. The number of hydrogen-bond donors (Lipinski definition) is 2. The number of carbonyl (C=O) groups excluding carboxylic acids is 1. The first kappa shape index (κ1) is 18.7. The molecule has 0 aliphatic heterocycles. The summed E-state index contributed by atoms with van der Waals surface area (Å²) in [5.74, 6) is -0.351. The number of para-hydroxylation sites is 1. The van der Waals surface area contributed by atoms with Gasteiger partial charge in [0.2, 0.25) is 0 Å².